The minimum atomic E-state index is -1.82. The maximum atomic E-state index is 9.10. The van der Waals surface area contributed by atoms with E-state index in [1.165, 1.54) is 45.3 Å². The number of carboxylic acids is 2. The van der Waals surface area contributed by atoms with Crippen LogP contribution in [0.5, 0.6) is 5.75 Å². The highest BCUT2D eigenvalue weighted by Crippen LogP contribution is 2.13. The zero-order valence-corrected chi connectivity index (χ0v) is 14.2. The van der Waals surface area contributed by atoms with E-state index in [1.807, 2.05) is 12.1 Å². The third kappa shape index (κ3) is 9.33. The molecule has 1 heterocycles. The maximum absolute atomic E-state index is 9.10. The van der Waals surface area contributed by atoms with Gasteiger partial charge < -0.3 is 19.8 Å². The van der Waals surface area contributed by atoms with Crippen molar-refractivity contribution in [2.45, 2.75) is 32.1 Å². The molecular formula is C18H24N2O5. The van der Waals surface area contributed by atoms with E-state index >= 15 is 0 Å². The molecule has 1 aliphatic heterocycles. The number of unbranched alkanes of at least 4 members (excludes halogenated alkanes) is 2. The van der Waals surface area contributed by atoms with Crippen LogP contribution in [0.3, 0.4) is 0 Å². The Kier molecular flexibility index (Phi) is 9.71. The zero-order valence-electron chi connectivity index (χ0n) is 14.2. The van der Waals surface area contributed by atoms with E-state index < -0.39 is 11.9 Å². The third-order valence-corrected chi connectivity index (χ3v) is 3.73. The molecule has 0 aromatic heterocycles. The molecule has 136 valence electrons. The van der Waals surface area contributed by atoms with Crippen LogP contribution < -0.4 is 4.74 Å². The minimum absolute atomic E-state index is 0.659. The van der Waals surface area contributed by atoms with Crippen LogP contribution in [0.1, 0.15) is 37.7 Å². The molecule has 0 radical (unpaired) electrons. The van der Waals surface area contributed by atoms with Crippen LogP contribution in [0.25, 0.3) is 0 Å². The highest BCUT2D eigenvalue weighted by molar-refractivity contribution is 6.27. The smallest absolute Gasteiger partial charge is 0.414 e. The summed E-state index contributed by atoms with van der Waals surface area (Å²) >= 11 is 0. The lowest BCUT2D eigenvalue weighted by atomic mass is 10.2. The molecule has 2 N–H and O–H groups in total. The molecule has 7 nitrogen and oxygen atoms in total. The Balaban J connectivity index is 0.000000450. The van der Waals surface area contributed by atoms with E-state index in [1.54, 1.807) is 12.1 Å². The number of hydrogen-bond donors (Lipinski definition) is 2. The molecule has 1 saturated heterocycles. The number of nitriles is 1. The molecule has 1 aromatic carbocycles. The first-order valence-corrected chi connectivity index (χ1v) is 8.34. The fraction of sp³-hybridized carbons (Fsp3) is 0.500. The summed E-state index contributed by atoms with van der Waals surface area (Å²) in [5, 5.41) is 23.6. The quantitative estimate of drug-likeness (QED) is 0.575. The van der Waals surface area contributed by atoms with E-state index in [9.17, 15) is 0 Å². The number of benzene rings is 1. The number of likely N-dealkylation sites (tertiary alicyclic amines) is 1. The van der Waals surface area contributed by atoms with E-state index in [0.29, 0.717) is 5.56 Å². The number of ether oxygens (including phenoxy) is 1. The van der Waals surface area contributed by atoms with Gasteiger partial charge in [-0.05, 0) is 69.9 Å². The average Bonchev–Trinajstić information content (AvgIpc) is 3.12. The lowest BCUT2D eigenvalue weighted by Crippen LogP contribution is -2.20. The first kappa shape index (κ1) is 20.5. The van der Waals surface area contributed by atoms with Crippen LogP contribution in [-0.2, 0) is 9.59 Å². The van der Waals surface area contributed by atoms with Gasteiger partial charge in [-0.15, -0.1) is 0 Å². The average molecular weight is 348 g/mol. The molecule has 7 heteroatoms. The first-order valence-electron chi connectivity index (χ1n) is 8.34. The van der Waals surface area contributed by atoms with Crippen LogP contribution in [0.15, 0.2) is 24.3 Å². The molecule has 1 fully saturated rings. The van der Waals surface area contributed by atoms with Gasteiger partial charge in [-0.1, -0.05) is 6.07 Å². The molecule has 0 atom stereocenters. The largest absolute Gasteiger partial charge is 0.494 e. The van der Waals surface area contributed by atoms with Crippen molar-refractivity contribution < 1.29 is 24.5 Å². The Morgan fingerprint density at radius 2 is 1.80 bits per heavy atom. The number of nitrogens with zero attached hydrogens (tertiary/aromatic N) is 2. The normalized spacial score (nSPS) is 13.4. The van der Waals surface area contributed by atoms with Crippen molar-refractivity contribution in [3.8, 4) is 11.8 Å². The Morgan fingerprint density at radius 3 is 2.40 bits per heavy atom. The highest BCUT2D eigenvalue weighted by Gasteiger charge is 2.09. The fourth-order valence-electron chi connectivity index (χ4n) is 2.47. The molecule has 0 unspecified atom stereocenters. The number of carboxylic acid groups (broad SMARTS) is 2. The second kappa shape index (κ2) is 11.9. The Hall–Kier alpha value is -2.59. The van der Waals surface area contributed by atoms with Crippen molar-refractivity contribution in [3.63, 3.8) is 0 Å². The summed E-state index contributed by atoms with van der Waals surface area (Å²) in [4.78, 5) is 20.8. The molecule has 0 saturated carbocycles. The minimum Gasteiger partial charge on any atom is -0.494 e. The van der Waals surface area contributed by atoms with Crippen LogP contribution in [0, 0.1) is 11.3 Å². The Bertz CT molecular complexity index is 579. The zero-order chi connectivity index (χ0) is 18.5. The number of rotatable bonds is 7. The predicted molar refractivity (Wildman–Crippen MR) is 91.4 cm³/mol. The SMILES string of the molecule is N#Cc1cccc(OCCCCCN2CCCC2)c1.O=C(O)C(=O)O. The van der Waals surface area contributed by atoms with Gasteiger partial charge in [0.05, 0.1) is 18.2 Å². The van der Waals surface area contributed by atoms with Crippen molar-refractivity contribution in [3.05, 3.63) is 29.8 Å². The van der Waals surface area contributed by atoms with Gasteiger partial charge in [-0.25, -0.2) is 9.59 Å². The first-order chi connectivity index (χ1) is 12.0. The molecule has 0 spiro atoms. The summed E-state index contributed by atoms with van der Waals surface area (Å²) < 4.78 is 5.66. The van der Waals surface area contributed by atoms with Crippen LogP contribution in [-0.4, -0.2) is 53.3 Å². The van der Waals surface area contributed by atoms with Crippen molar-refractivity contribution in [2.24, 2.45) is 0 Å². The second-order valence-corrected chi connectivity index (χ2v) is 5.71. The van der Waals surface area contributed by atoms with Gasteiger partial charge >= 0.3 is 11.9 Å². The molecule has 0 aliphatic carbocycles. The molecule has 25 heavy (non-hydrogen) atoms. The van der Waals surface area contributed by atoms with Gasteiger partial charge in [0.25, 0.3) is 0 Å². The molecule has 0 amide bonds. The molecule has 0 bridgehead atoms. The monoisotopic (exact) mass is 348 g/mol. The summed E-state index contributed by atoms with van der Waals surface area (Å²) in [5.41, 5.74) is 0.659. The van der Waals surface area contributed by atoms with Gasteiger partial charge in [0.15, 0.2) is 0 Å². The van der Waals surface area contributed by atoms with Crippen LogP contribution >= 0.6 is 0 Å². The van der Waals surface area contributed by atoms with E-state index in [0.717, 1.165) is 18.8 Å². The standard InChI is InChI=1S/C16H22N2O.C2H2O4/c17-14-15-7-6-8-16(13-15)19-12-5-1-2-9-18-10-3-4-11-18;3-1(4)2(5)6/h6-8,13H,1-5,9-12H2;(H,3,4)(H,5,6). The van der Waals surface area contributed by atoms with Crippen molar-refractivity contribution in [2.75, 3.05) is 26.2 Å². The van der Waals surface area contributed by atoms with Crippen LogP contribution in [0.4, 0.5) is 0 Å². The topological polar surface area (TPSA) is 111 Å². The van der Waals surface area contributed by atoms with Crippen molar-refractivity contribution in [1.82, 2.24) is 4.90 Å². The lowest BCUT2D eigenvalue weighted by Gasteiger charge is -2.13. The van der Waals surface area contributed by atoms with E-state index in [4.69, 9.17) is 29.8 Å². The summed E-state index contributed by atoms with van der Waals surface area (Å²) in [6, 6.07) is 9.48. The van der Waals surface area contributed by atoms with Gasteiger partial charge in [0, 0.05) is 0 Å². The van der Waals surface area contributed by atoms with E-state index in [-0.39, 0.29) is 0 Å². The number of hydrogen-bond acceptors (Lipinski definition) is 5. The summed E-state index contributed by atoms with van der Waals surface area (Å²) in [6.45, 7) is 4.56. The van der Waals surface area contributed by atoms with Crippen molar-refractivity contribution in [1.29, 1.82) is 5.26 Å². The van der Waals surface area contributed by atoms with Gasteiger partial charge in [0.2, 0.25) is 0 Å². The maximum Gasteiger partial charge on any atom is 0.414 e. The number of aliphatic carboxylic acids is 2. The Morgan fingerprint density at radius 1 is 1.12 bits per heavy atom. The predicted octanol–water partition coefficient (Wildman–Crippen LogP) is 2.36. The highest BCUT2D eigenvalue weighted by atomic mass is 16.5. The second-order valence-electron chi connectivity index (χ2n) is 5.71. The molecule has 1 aromatic rings. The summed E-state index contributed by atoms with van der Waals surface area (Å²) in [5.74, 6) is -2.84. The molecule has 1 aliphatic rings. The summed E-state index contributed by atoms with van der Waals surface area (Å²) in [7, 11) is 0. The van der Waals surface area contributed by atoms with Gasteiger partial charge in [0.1, 0.15) is 5.75 Å². The summed E-state index contributed by atoms with van der Waals surface area (Å²) in [6.07, 6.45) is 6.32. The third-order valence-electron chi connectivity index (χ3n) is 3.73. The molecular weight excluding hydrogens is 324 g/mol. The lowest BCUT2D eigenvalue weighted by molar-refractivity contribution is -0.159. The van der Waals surface area contributed by atoms with Gasteiger partial charge in [-0.2, -0.15) is 5.26 Å². The van der Waals surface area contributed by atoms with Gasteiger partial charge in [-0.3, -0.25) is 0 Å². The Labute approximate surface area is 147 Å². The van der Waals surface area contributed by atoms with Crippen molar-refractivity contribution >= 4 is 11.9 Å². The number of carbonyl (C=O) groups is 2. The fourth-order valence-corrected chi connectivity index (χ4v) is 2.47. The van der Waals surface area contributed by atoms with E-state index in [2.05, 4.69) is 11.0 Å². The molecule has 2 rings (SSSR count). The van der Waals surface area contributed by atoms with Crippen LogP contribution in [0.2, 0.25) is 0 Å².